The van der Waals surface area contributed by atoms with Crippen LogP contribution in [-0.2, 0) is 16.1 Å². The first-order valence-electron chi connectivity index (χ1n) is 6.21. The number of carbonyl (C=O) groups excluding carboxylic acids is 2. The summed E-state index contributed by atoms with van der Waals surface area (Å²) in [5.74, 6) is 0.439. The van der Waals surface area contributed by atoms with Gasteiger partial charge in [0.1, 0.15) is 0 Å². The minimum absolute atomic E-state index is 0.203. The summed E-state index contributed by atoms with van der Waals surface area (Å²) in [4.78, 5) is 22.9. The van der Waals surface area contributed by atoms with Gasteiger partial charge in [-0.1, -0.05) is 6.07 Å². The van der Waals surface area contributed by atoms with Crippen LogP contribution in [0.3, 0.4) is 0 Å². The van der Waals surface area contributed by atoms with Crippen molar-refractivity contribution in [3.8, 4) is 11.5 Å². The maximum absolute atomic E-state index is 11.5. The van der Waals surface area contributed by atoms with E-state index >= 15 is 0 Å². The summed E-state index contributed by atoms with van der Waals surface area (Å²) >= 11 is 5.48. The highest BCUT2D eigenvalue weighted by atomic mass is 35.5. The Morgan fingerprint density at radius 2 is 1.90 bits per heavy atom. The van der Waals surface area contributed by atoms with E-state index in [2.05, 4.69) is 10.6 Å². The Morgan fingerprint density at radius 3 is 2.70 bits per heavy atom. The first kappa shape index (κ1) is 14.5. The number of fused-ring (bicyclic) bond motifs is 1. The maximum atomic E-state index is 11.5. The van der Waals surface area contributed by atoms with Crippen molar-refractivity contribution < 1.29 is 19.1 Å². The van der Waals surface area contributed by atoms with Gasteiger partial charge >= 0.3 is 11.8 Å². The second kappa shape index (κ2) is 7.00. The molecule has 1 aromatic carbocycles. The van der Waals surface area contributed by atoms with Gasteiger partial charge < -0.3 is 20.1 Å². The van der Waals surface area contributed by atoms with Crippen LogP contribution >= 0.6 is 11.6 Å². The Hall–Kier alpha value is -1.95. The fraction of sp³-hybridized carbons (Fsp3) is 0.385. The first-order chi connectivity index (χ1) is 9.70. The molecule has 0 aliphatic carbocycles. The van der Waals surface area contributed by atoms with Gasteiger partial charge in [0.15, 0.2) is 11.5 Å². The highest BCUT2D eigenvalue weighted by molar-refractivity contribution is 6.35. The monoisotopic (exact) mass is 298 g/mol. The number of rotatable bonds is 5. The molecule has 20 heavy (non-hydrogen) atoms. The molecule has 0 saturated carbocycles. The summed E-state index contributed by atoms with van der Waals surface area (Å²) in [6, 6.07) is 5.34. The predicted molar refractivity (Wildman–Crippen MR) is 72.8 cm³/mol. The SMILES string of the molecule is O=C(NCCCCl)C(=O)NCc1ccc2c(c1)OCO2. The van der Waals surface area contributed by atoms with Crippen molar-refractivity contribution in [1.29, 1.82) is 0 Å². The van der Waals surface area contributed by atoms with Crippen LogP contribution < -0.4 is 20.1 Å². The average Bonchev–Trinajstić information content (AvgIpc) is 2.92. The molecule has 1 aromatic rings. The maximum Gasteiger partial charge on any atom is 0.309 e. The van der Waals surface area contributed by atoms with Crippen molar-refractivity contribution in [3.05, 3.63) is 23.8 Å². The van der Waals surface area contributed by atoms with Gasteiger partial charge in [-0.2, -0.15) is 0 Å². The largest absolute Gasteiger partial charge is 0.454 e. The standard InChI is InChI=1S/C13H15ClN2O4/c14-4-1-5-15-12(17)13(18)16-7-9-2-3-10-11(6-9)20-8-19-10/h2-3,6H,1,4-5,7-8H2,(H,15,17)(H,16,18). The van der Waals surface area contributed by atoms with Gasteiger partial charge in [0.05, 0.1) is 0 Å². The lowest BCUT2D eigenvalue weighted by atomic mass is 10.2. The number of carbonyl (C=O) groups is 2. The van der Waals surface area contributed by atoms with Gasteiger partial charge in [0.2, 0.25) is 6.79 Å². The quantitative estimate of drug-likeness (QED) is 0.478. The third-order valence-corrected chi connectivity index (χ3v) is 2.96. The Morgan fingerprint density at radius 1 is 1.15 bits per heavy atom. The molecule has 0 fully saturated rings. The van der Waals surface area contributed by atoms with E-state index in [1.54, 1.807) is 18.2 Å². The minimum Gasteiger partial charge on any atom is -0.454 e. The smallest absolute Gasteiger partial charge is 0.309 e. The zero-order valence-electron chi connectivity index (χ0n) is 10.8. The van der Waals surface area contributed by atoms with E-state index in [1.807, 2.05) is 0 Å². The van der Waals surface area contributed by atoms with Crippen LogP contribution in [0.2, 0.25) is 0 Å². The van der Waals surface area contributed by atoms with E-state index < -0.39 is 11.8 Å². The average molecular weight is 299 g/mol. The molecule has 0 bridgehead atoms. The Bertz CT molecular complexity index is 507. The van der Waals surface area contributed by atoms with Crippen LogP contribution in [0.25, 0.3) is 0 Å². The topological polar surface area (TPSA) is 76.7 Å². The summed E-state index contributed by atoms with van der Waals surface area (Å²) in [5, 5.41) is 5.02. The summed E-state index contributed by atoms with van der Waals surface area (Å²) in [5.41, 5.74) is 0.830. The van der Waals surface area contributed by atoms with Crippen molar-refractivity contribution in [1.82, 2.24) is 10.6 Å². The van der Waals surface area contributed by atoms with Crippen molar-refractivity contribution >= 4 is 23.4 Å². The van der Waals surface area contributed by atoms with Gasteiger partial charge in [-0.3, -0.25) is 9.59 Å². The molecular weight excluding hydrogens is 284 g/mol. The number of benzene rings is 1. The third-order valence-electron chi connectivity index (χ3n) is 2.69. The number of halogens is 1. The van der Waals surface area contributed by atoms with E-state index in [0.717, 1.165) is 5.56 Å². The second-order valence-corrected chi connectivity index (χ2v) is 4.55. The van der Waals surface area contributed by atoms with E-state index in [-0.39, 0.29) is 13.3 Å². The molecular formula is C13H15ClN2O4. The minimum atomic E-state index is -0.669. The highest BCUT2D eigenvalue weighted by Gasteiger charge is 2.15. The molecule has 0 spiro atoms. The second-order valence-electron chi connectivity index (χ2n) is 4.17. The van der Waals surface area contributed by atoms with Crippen LogP contribution in [-0.4, -0.2) is 31.0 Å². The van der Waals surface area contributed by atoms with Crippen LogP contribution in [0, 0.1) is 0 Å². The van der Waals surface area contributed by atoms with Crippen molar-refractivity contribution in [2.45, 2.75) is 13.0 Å². The molecule has 7 heteroatoms. The van der Waals surface area contributed by atoms with E-state index in [1.165, 1.54) is 0 Å². The number of ether oxygens (including phenoxy) is 2. The molecule has 2 amide bonds. The van der Waals surface area contributed by atoms with Crippen molar-refractivity contribution in [2.24, 2.45) is 0 Å². The molecule has 0 radical (unpaired) electrons. The summed E-state index contributed by atoms with van der Waals surface area (Å²) in [7, 11) is 0. The van der Waals surface area contributed by atoms with Gasteiger partial charge in [-0.15, -0.1) is 11.6 Å². The molecule has 0 aromatic heterocycles. The zero-order valence-corrected chi connectivity index (χ0v) is 11.5. The third kappa shape index (κ3) is 3.77. The Balaban J connectivity index is 1.79. The lowest BCUT2D eigenvalue weighted by molar-refractivity contribution is -0.139. The van der Waals surface area contributed by atoms with Gasteiger partial charge in [0.25, 0.3) is 0 Å². The summed E-state index contributed by atoms with van der Waals surface area (Å²) < 4.78 is 10.4. The molecule has 6 nitrogen and oxygen atoms in total. The summed E-state index contributed by atoms with van der Waals surface area (Å²) in [6.45, 7) is 0.840. The lowest BCUT2D eigenvalue weighted by Gasteiger charge is -2.06. The number of hydrogen-bond acceptors (Lipinski definition) is 4. The Labute approximate surface area is 121 Å². The predicted octanol–water partition coefficient (Wildman–Crippen LogP) is 0.777. The first-order valence-corrected chi connectivity index (χ1v) is 6.74. The van der Waals surface area contributed by atoms with Crippen LogP contribution in [0.4, 0.5) is 0 Å². The van der Waals surface area contributed by atoms with Gasteiger partial charge in [0, 0.05) is 19.0 Å². The normalized spacial score (nSPS) is 12.1. The molecule has 108 valence electrons. The van der Waals surface area contributed by atoms with E-state index in [9.17, 15) is 9.59 Å². The van der Waals surface area contributed by atoms with Crippen LogP contribution in [0.1, 0.15) is 12.0 Å². The number of amides is 2. The molecule has 1 aliphatic rings. The van der Waals surface area contributed by atoms with Crippen LogP contribution in [0.15, 0.2) is 18.2 Å². The molecule has 1 heterocycles. The van der Waals surface area contributed by atoms with Gasteiger partial charge in [-0.05, 0) is 24.1 Å². The molecule has 2 rings (SSSR count). The van der Waals surface area contributed by atoms with Crippen LogP contribution in [0.5, 0.6) is 11.5 Å². The fourth-order valence-corrected chi connectivity index (χ4v) is 1.80. The number of nitrogens with one attached hydrogen (secondary N) is 2. The Kier molecular flexibility index (Phi) is 5.06. The summed E-state index contributed by atoms with van der Waals surface area (Å²) in [6.07, 6.45) is 0.628. The zero-order chi connectivity index (χ0) is 14.4. The fourth-order valence-electron chi connectivity index (χ4n) is 1.66. The van der Waals surface area contributed by atoms with Gasteiger partial charge in [-0.25, -0.2) is 0 Å². The molecule has 0 atom stereocenters. The molecule has 1 aliphatic heterocycles. The van der Waals surface area contributed by atoms with Crippen molar-refractivity contribution in [3.63, 3.8) is 0 Å². The number of hydrogen-bond donors (Lipinski definition) is 2. The van der Waals surface area contributed by atoms with E-state index in [0.29, 0.717) is 30.3 Å². The molecule has 2 N–H and O–H groups in total. The van der Waals surface area contributed by atoms with Crippen molar-refractivity contribution in [2.75, 3.05) is 19.2 Å². The number of alkyl halides is 1. The van der Waals surface area contributed by atoms with E-state index in [4.69, 9.17) is 21.1 Å². The lowest BCUT2D eigenvalue weighted by Crippen LogP contribution is -2.40. The molecule has 0 unspecified atom stereocenters. The molecule has 0 saturated heterocycles. The highest BCUT2D eigenvalue weighted by Crippen LogP contribution is 2.32.